The van der Waals surface area contributed by atoms with Crippen LogP contribution in [0.2, 0.25) is 0 Å². The van der Waals surface area contributed by atoms with E-state index >= 15 is 0 Å². The first-order valence-corrected chi connectivity index (χ1v) is 12.5. The number of furan rings is 1. The van der Waals surface area contributed by atoms with Crippen molar-refractivity contribution in [3.05, 3.63) is 82.9 Å². The number of fused-ring (bicyclic) bond motifs is 1. The molecule has 4 aromatic rings. The van der Waals surface area contributed by atoms with Crippen LogP contribution in [0.1, 0.15) is 52.3 Å². The fraction of sp³-hybridized carbons (Fsp3) is 0.333. The molecule has 0 spiro atoms. The predicted molar refractivity (Wildman–Crippen MR) is 143 cm³/mol. The number of amides is 1. The van der Waals surface area contributed by atoms with Crippen molar-refractivity contribution in [2.75, 3.05) is 20.2 Å². The van der Waals surface area contributed by atoms with Crippen LogP contribution in [-0.2, 0) is 5.54 Å². The van der Waals surface area contributed by atoms with Gasteiger partial charge in [0.15, 0.2) is 0 Å². The van der Waals surface area contributed by atoms with E-state index in [2.05, 4.69) is 39.9 Å². The molecule has 1 saturated carbocycles. The Bertz CT molecular complexity index is 1410. The first-order valence-electron chi connectivity index (χ1n) is 12.5. The number of rotatable bonds is 5. The van der Waals surface area contributed by atoms with Crippen molar-refractivity contribution in [2.24, 2.45) is 0 Å². The zero-order chi connectivity index (χ0) is 25.3. The molecule has 6 rings (SSSR count). The van der Waals surface area contributed by atoms with Gasteiger partial charge in [-0.05, 0) is 106 Å². The molecule has 186 valence electrons. The highest BCUT2D eigenvalue weighted by Gasteiger charge is 2.47. The van der Waals surface area contributed by atoms with Crippen molar-refractivity contribution in [2.45, 2.75) is 45.6 Å². The van der Waals surface area contributed by atoms with Gasteiger partial charge in [-0.25, -0.2) is 0 Å². The summed E-state index contributed by atoms with van der Waals surface area (Å²) in [6, 6.07) is 16.0. The van der Waals surface area contributed by atoms with Crippen LogP contribution in [0.3, 0.4) is 0 Å². The first-order chi connectivity index (χ1) is 17.4. The van der Waals surface area contributed by atoms with Crippen LogP contribution >= 0.6 is 0 Å². The third kappa shape index (κ3) is 4.73. The number of carbonyl (C=O) groups excluding carboxylic acids is 1. The second kappa shape index (κ2) is 9.78. The van der Waals surface area contributed by atoms with Gasteiger partial charge in [-0.1, -0.05) is 12.1 Å². The van der Waals surface area contributed by atoms with Crippen molar-refractivity contribution < 1.29 is 13.9 Å². The van der Waals surface area contributed by atoms with Crippen molar-refractivity contribution in [3.8, 4) is 16.9 Å². The topological polar surface area (TPSA) is 76.4 Å². The number of aryl methyl sites for hydroxylation is 3. The van der Waals surface area contributed by atoms with Gasteiger partial charge < -0.3 is 19.8 Å². The average Bonchev–Trinajstić information content (AvgIpc) is 3.52. The van der Waals surface area contributed by atoms with E-state index in [9.17, 15) is 4.79 Å². The number of benzene rings is 2. The van der Waals surface area contributed by atoms with Crippen LogP contribution in [0.4, 0.5) is 0 Å². The van der Waals surface area contributed by atoms with Crippen molar-refractivity contribution in [1.82, 2.24) is 15.6 Å². The van der Waals surface area contributed by atoms with Crippen LogP contribution in [0.5, 0.6) is 5.75 Å². The number of nitrogens with one attached hydrogen (secondary N) is 2. The minimum Gasteiger partial charge on any atom is -0.497 e. The molecule has 2 fully saturated rings. The third-order valence-electron chi connectivity index (χ3n) is 7.09. The van der Waals surface area contributed by atoms with E-state index in [0.717, 1.165) is 57.5 Å². The molecule has 1 amide bonds. The van der Waals surface area contributed by atoms with Gasteiger partial charge in [0.25, 0.3) is 5.91 Å². The lowest BCUT2D eigenvalue weighted by Crippen LogP contribution is -2.35. The highest BCUT2D eigenvalue weighted by molar-refractivity contribution is 5.98. The summed E-state index contributed by atoms with van der Waals surface area (Å²) in [6.07, 6.45) is 4.97. The Morgan fingerprint density at radius 1 is 1.08 bits per heavy atom. The number of aromatic nitrogens is 1. The smallest absolute Gasteiger partial charge is 0.252 e. The van der Waals surface area contributed by atoms with Gasteiger partial charge in [0.1, 0.15) is 17.3 Å². The van der Waals surface area contributed by atoms with Gasteiger partial charge in [0.2, 0.25) is 0 Å². The molecule has 1 aliphatic heterocycles. The number of nitrogens with zero attached hydrogens (tertiary/aromatic N) is 1. The summed E-state index contributed by atoms with van der Waals surface area (Å²) in [5.41, 5.74) is 5.28. The van der Waals surface area contributed by atoms with E-state index in [1.165, 1.54) is 19.5 Å². The van der Waals surface area contributed by atoms with Crippen molar-refractivity contribution in [1.29, 1.82) is 0 Å². The van der Waals surface area contributed by atoms with Gasteiger partial charge in [-0.2, -0.15) is 0 Å². The van der Waals surface area contributed by atoms with Crippen LogP contribution in [0.15, 0.2) is 59.1 Å². The molecular formula is C30H33N3O3. The Hall–Kier alpha value is -3.64. The highest BCUT2D eigenvalue weighted by atomic mass is 16.5. The number of methoxy groups -OCH3 is 1. The maximum absolute atomic E-state index is 13.3. The third-order valence-corrected chi connectivity index (χ3v) is 7.09. The lowest BCUT2D eigenvalue weighted by Gasteiger charge is -2.22. The normalized spacial score (nSPS) is 15.4. The molecule has 36 heavy (non-hydrogen) atoms. The summed E-state index contributed by atoms with van der Waals surface area (Å²) in [5.74, 6) is 2.34. The van der Waals surface area contributed by atoms with Gasteiger partial charge in [0.05, 0.1) is 18.2 Å². The average molecular weight is 484 g/mol. The molecule has 0 atom stereocenters. The zero-order valence-corrected chi connectivity index (χ0v) is 21.4. The molecule has 6 heteroatoms. The van der Waals surface area contributed by atoms with E-state index in [-0.39, 0.29) is 5.91 Å². The van der Waals surface area contributed by atoms with E-state index in [1.54, 1.807) is 19.4 Å². The van der Waals surface area contributed by atoms with Crippen molar-refractivity contribution >= 4 is 16.8 Å². The van der Waals surface area contributed by atoms with Gasteiger partial charge in [-0.3, -0.25) is 9.78 Å². The Kier molecular flexibility index (Phi) is 6.54. The molecule has 1 aliphatic carbocycles. The van der Waals surface area contributed by atoms with Crippen molar-refractivity contribution in [3.63, 3.8) is 0 Å². The summed E-state index contributed by atoms with van der Waals surface area (Å²) < 4.78 is 11.1. The fourth-order valence-corrected chi connectivity index (χ4v) is 4.67. The van der Waals surface area contributed by atoms with E-state index < -0.39 is 5.54 Å². The molecule has 3 heterocycles. The molecule has 1 saturated heterocycles. The lowest BCUT2D eigenvalue weighted by atomic mass is 9.93. The molecule has 0 unspecified atom stereocenters. The summed E-state index contributed by atoms with van der Waals surface area (Å²) in [4.78, 5) is 17.9. The Morgan fingerprint density at radius 2 is 1.83 bits per heavy atom. The van der Waals surface area contributed by atoms with E-state index in [0.29, 0.717) is 11.3 Å². The molecule has 0 bridgehead atoms. The van der Waals surface area contributed by atoms with Crippen LogP contribution < -0.4 is 15.4 Å². The standard InChI is InChI=1S/C27H26N2O3.C3H7N/c1-16-7-8-20(31-4)15-22(16)26(30)29-27(9-10-27)24-13-19(23-12-17(2)32-18(23)3)14-25-21(24)6-5-11-28-25;1-2-4-3-1/h5-8,11-15H,9-10H2,1-4H3,(H,29,30);4H,1-3H2. The highest BCUT2D eigenvalue weighted by Crippen LogP contribution is 2.49. The molecular weight excluding hydrogens is 450 g/mol. The van der Waals surface area contributed by atoms with Crippen LogP contribution in [-0.4, -0.2) is 31.1 Å². The Morgan fingerprint density at radius 3 is 2.44 bits per heavy atom. The van der Waals surface area contributed by atoms with Gasteiger partial charge in [0, 0.05) is 22.7 Å². The first kappa shape index (κ1) is 24.1. The monoisotopic (exact) mass is 483 g/mol. The molecule has 2 aromatic carbocycles. The summed E-state index contributed by atoms with van der Waals surface area (Å²) in [5, 5.41) is 7.51. The number of ether oxygens (including phenoxy) is 1. The van der Waals surface area contributed by atoms with E-state index in [4.69, 9.17) is 9.15 Å². The Balaban J connectivity index is 0.000000608. The lowest BCUT2D eigenvalue weighted by molar-refractivity contribution is 0.0930. The van der Waals surface area contributed by atoms with Crippen LogP contribution in [0, 0.1) is 20.8 Å². The summed E-state index contributed by atoms with van der Waals surface area (Å²) >= 11 is 0. The molecule has 2 aromatic heterocycles. The Labute approximate surface area is 212 Å². The largest absolute Gasteiger partial charge is 0.497 e. The SMILES string of the molecule is C1CNC1.COc1ccc(C)c(C(=O)NC2(c3cc(-c4cc(C)oc4C)cc4ncccc34)CC2)c1. The second-order valence-electron chi connectivity index (χ2n) is 9.74. The molecule has 2 N–H and O–H groups in total. The summed E-state index contributed by atoms with van der Waals surface area (Å²) in [7, 11) is 1.61. The fourth-order valence-electron chi connectivity index (χ4n) is 4.67. The quantitative estimate of drug-likeness (QED) is 0.374. The second-order valence-corrected chi connectivity index (χ2v) is 9.74. The zero-order valence-electron chi connectivity index (χ0n) is 21.4. The summed E-state index contributed by atoms with van der Waals surface area (Å²) in [6.45, 7) is 8.37. The maximum Gasteiger partial charge on any atom is 0.252 e. The molecule has 0 radical (unpaired) electrons. The number of hydrogen-bond acceptors (Lipinski definition) is 5. The van der Waals surface area contributed by atoms with Crippen LogP contribution in [0.25, 0.3) is 22.0 Å². The number of carbonyl (C=O) groups is 1. The van der Waals surface area contributed by atoms with Gasteiger partial charge >= 0.3 is 0 Å². The minimum atomic E-state index is -0.406. The van der Waals surface area contributed by atoms with Gasteiger partial charge in [-0.15, -0.1) is 0 Å². The predicted octanol–water partition coefficient (Wildman–Crippen LogP) is 5.83. The maximum atomic E-state index is 13.3. The number of pyridine rings is 1. The molecule has 6 nitrogen and oxygen atoms in total. The van der Waals surface area contributed by atoms with E-state index in [1.807, 2.05) is 39.0 Å². The number of hydrogen-bond donors (Lipinski definition) is 2. The minimum absolute atomic E-state index is 0.0864. The molecule has 2 aliphatic rings.